The van der Waals surface area contributed by atoms with Crippen molar-refractivity contribution in [1.29, 1.82) is 0 Å². The largest absolute Gasteiger partial charge is 0.451 e. The molecular weight excluding hydrogens is 393 g/mol. The van der Waals surface area contributed by atoms with Gasteiger partial charge >= 0.3 is 0 Å². The smallest absolute Gasteiger partial charge is 0.287 e. The molecule has 1 aromatic heterocycles. The second-order valence-electron chi connectivity index (χ2n) is 10.2. The van der Waals surface area contributed by atoms with E-state index >= 15 is 0 Å². The molecule has 2 atom stereocenters. The maximum absolute atomic E-state index is 13.1. The van der Waals surface area contributed by atoms with Crippen molar-refractivity contribution in [2.24, 2.45) is 16.7 Å². The van der Waals surface area contributed by atoms with E-state index in [4.69, 9.17) is 27.6 Å². The lowest BCUT2D eigenvalue weighted by atomic mass is 9.43. The number of amides is 1. The van der Waals surface area contributed by atoms with E-state index in [1.165, 1.54) is 19.3 Å². The highest BCUT2D eigenvalue weighted by molar-refractivity contribution is 6.42. The van der Waals surface area contributed by atoms with Crippen LogP contribution in [0, 0.1) is 16.7 Å². The fourth-order valence-corrected chi connectivity index (χ4v) is 7.45. The van der Waals surface area contributed by atoms with Gasteiger partial charge in [-0.2, -0.15) is 0 Å². The standard InChI is InChI=1S/C23H25Cl2NO2/c1-21-8-14-9-22(2,11-21)13-23(10-14,12-21)26-20(27)19-6-5-18(28-19)15-3-4-16(24)17(25)7-15/h3-7,14H,8-13H2,1-2H3,(H,26,27)/t14?,21-,22-,23?/m1/s1. The van der Waals surface area contributed by atoms with Gasteiger partial charge in [-0.1, -0.05) is 37.0 Å². The first-order chi connectivity index (χ1) is 13.2. The lowest BCUT2D eigenvalue weighted by Gasteiger charge is -2.65. The molecule has 0 saturated heterocycles. The second-order valence-corrected chi connectivity index (χ2v) is 11.0. The van der Waals surface area contributed by atoms with Crippen LogP contribution < -0.4 is 5.32 Å². The Morgan fingerprint density at radius 2 is 1.71 bits per heavy atom. The van der Waals surface area contributed by atoms with Crippen molar-refractivity contribution in [3.63, 3.8) is 0 Å². The molecule has 1 amide bonds. The number of halogens is 2. The average Bonchev–Trinajstić information content (AvgIpc) is 3.03. The molecule has 28 heavy (non-hydrogen) atoms. The first kappa shape index (κ1) is 18.6. The molecule has 0 radical (unpaired) electrons. The van der Waals surface area contributed by atoms with Crippen LogP contribution in [-0.2, 0) is 0 Å². The minimum absolute atomic E-state index is 0.0868. The Balaban J connectivity index is 1.38. The van der Waals surface area contributed by atoms with Crippen LogP contribution in [-0.4, -0.2) is 11.4 Å². The lowest BCUT2D eigenvalue weighted by Crippen LogP contribution is -2.65. The zero-order valence-electron chi connectivity index (χ0n) is 16.3. The predicted octanol–water partition coefficient (Wildman–Crippen LogP) is 6.73. The van der Waals surface area contributed by atoms with Gasteiger partial charge in [0.2, 0.25) is 0 Å². The van der Waals surface area contributed by atoms with E-state index in [-0.39, 0.29) is 11.4 Å². The quantitative estimate of drug-likeness (QED) is 0.600. The van der Waals surface area contributed by atoms with Gasteiger partial charge in [-0.25, -0.2) is 0 Å². The molecule has 1 heterocycles. The SMILES string of the molecule is C[C@]12CC3CC(NC(=O)c4ccc(-c5ccc(Cl)c(Cl)c5)o4)(C1)C[C@](C)(C3)C2. The highest BCUT2D eigenvalue weighted by atomic mass is 35.5. The maximum atomic E-state index is 13.1. The highest BCUT2D eigenvalue weighted by Crippen LogP contribution is 2.66. The summed E-state index contributed by atoms with van der Waals surface area (Å²) in [5.41, 5.74) is 1.44. The molecule has 4 aliphatic carbocycles. The Morgan fingerprint density at radius 3 is 2.36 bits per heavy atom. The van der Waals surface area contributed by atoms with E-state index in [9.17, 15) is 4.79 Å². The molecule has 0 unspecified atom stereocenters. The number of furan rings is 1. The van der Waals surface area contributed by atoms with E-state index in [0.29, 0.717) is 32.4 Å². The van der Waals surface area contributed by atoms with Gasteiger partial charge in [-0.15, -0.1) is 0 Å². The van der Waals surface area contributed by atoms with Gasteiger partial charge in [0.15, 0.2) is 5.76 Å². The Hall–Kier alpha value is -1.45. The third-order valence-electron chi connectivity index (χ3n) is 7.04. The van der Waals surface area contributed by atoms with Crippen LogP contribution in [0.4, 0.5) is 0 Å². The van der Waals surface area contributed by atoms with Crippen molar-refractivity contribution in [3.05, 3.63) is 46.1 Å². The summed E-state index contributed by atoms with van der Waals surface area (Å²) in [4.78, 5) is 13.1. The minimum Gasteiger partial charge on any atom is -0.451 e. The molecule has 4 bridgehead atoms. The highest BCUT2D eigenvalue weighted by Gasteiger charge is 2.60. The van der Waals surface area contributed by atoms with Crippen LogP contribution in [0.3, 0.4) is 0 Å². The third kappa shape index (κ3) is 3.07. The number of hydrogen-bond donors (Lipinski definition) is 1. The number of rotatable bonds is 3. The third-order valence-corrected chi connectivity index (χ3v) is 7.78. The molecule has 4 fully saturated rings. The van der Waals surface area contributed by atoms with Crippen molar-refractivity contribution in [1.82, 2.24) is 5.32 Å². The molecule has 0 spiro atoms. The first-order valence-electron chi connectivity index (χ1n) is 10.0. The molecule has 0 aliphatic heterocycles. The Labute approximate surface area is 175 Å². The molecule has 1 aromatic carbocycles. The summed E-state index contributed by atoms with van der Waals surface area (Å²) in [6.07, 6.45) is 7.17. The van der Waals surface area contributed by atoms with Crippen molar-refractivity contribution in [2.45, 2.75) is 57.9 Å². The molecule has 5 heteroatoms. The van der Waals surface area contributed by atoms with E-state index in [0.717, 1.165) is 30.7 Å². The summed E-state index contributed by atoms with van der Waals surface area (Å²) in [5.74, 6) is 1.59. The Kier molecular flexibility index (Phi) is 4.00. The van der Waals surface area contributed by atoms with Crippen molar-refractivity contribution >= 4 is 29.1 Å². The molecule has 4 aliphatic rings. The summed E-state index contributed by atoms with van der Waals surface area (Å²) in [5, 5.41) is 4.36. The van der Waals surface area contributed by atoms with E-state index in [2.05, 4.69) is 19.2 Å². The number of benzene rings is 1. The second kappa shape index (κ2) is 6.03. The van der Waals surface area contributed by atoms with Gasteiger partial charge in [-0.3, -0.25) is 4.79 Å². The number of nitrogens with one attached hydrogen (secondary N) is 1. The summed E-state index contributed by atoms with van der Waals surface area (Å²) in [6, 6.07) is 8.90. The van der Waals surface area contributed by atoms with Crippen molar-refractivity contribution < 1.29 is 9.21 Å². The molecule has 148 valence electrons. The van der Waals surface area contributed by atoms with E-state index in [1.54, 1.807) is 18.2 Å². The topological polar surface area (TPSA) is 42.2 Å². The van der Waals surface area contributed by atoms with Gasteiger partial charge in [0, 0.05) is 11.1 Å². The van der Waals surface area contributed by atoms with Crippen LogP contribution >= 0.6 is 23.2 Å². The normalized spacial score (nSPS) is 35.9. The summed E-state index contributed by atoms with van der Waals surface area (Å²) in [6.45, 7) is 4.82. The van der Waals surface area contributed by atoms with Gasteiger partial charge in [0.05, 0.1) is 10.0 Å². The maximum Gasteiger partial charge on any atom is 0.287 e. The molecule has 1 N–H and O–H groups in total. The van der Waals surface area contributed by atoms with E-state index in [1.807, 2.05) is 12.1 Å². The average molecular weight is 418 g/mol. The molecular formula is C23H25Cl2NO2. The van der Waals surface area contributed by atoms with Gasteiger partial charge in [-0.05, 0) is 85.6 Å². The van der Waals surface area contributed by atoms with Crippen molar-refractivity contribution in [2.75, 3.05) is 0 Å². The molecule has 4 saturated carbocycles. The van der Waals surface area contributed by atoms with Crippen LogP contribution in [0.1, 0.15) is 62.9 Å². The van der Waals surface area contributed by atoms with Gasteiger partial charge < -0.3 is 9.73 Å². The molecule has 6 rings (SSSR count). The van der Waals surface area contributed by atoms with Crippen LogP contribution in [0.25, 0.3) is 11.3 Å². The lowest BCUT2D eigenvalue weighted by molar-refractivity contribution is -0.114. The number of carbonyl (C=O) groups is 1. The number of carbonyl (C=O) groups excluding carboxylic acids is 1. The van der Waals surface area contributed by atoms with Gasteiger partial charge in [0.1, 0.15) is 5.76 Å². The van der Waals surface area contributed by atoms with E-state index < -0.39 is 0 Å². The Bertz CT molecular complexity index is 947. The van der Waals surface area contributed by atoms with Crippen LogP contribution in [0.2, 0.25) is 10.0 Å². The monoisotopic (exact) mass is 417 g/mol. The summed E-state index contributed by atoms with van der Waals surface area (Å²) in [7, 11) is 0. The molecule has 2 aromatic rings. The zero-order valence-corrected chi connectivity index (χ0v) is 17.8. The number of hydrogen-bond acceptors (Lipinski definition) is 2. The van der Waals surface area contributed by atoms with Crippen LogP contribution in [0.15, 0.2) is 34.7 Å². The minimum atomic E-state index is -0.111. The fourth-order valence-electron chi connectivity index (χ4n) is 7.15. The summed E-state index contributed by atoms with van der Waals surface area (Å²) < 4.78 is 5.88. The predicted molar refractivity (Wildman–Crippen MR) is 112 cm³/mol. The first-order valence-corrected chi connectivity index (χ1v) is 10.8. The zero-order chi connectivity index (χ0) is 19.7. The van der Waals surface area contributed by atoms with Gasteiger partial charge in [0.25, 0.3) is 5.91 Å². The molecule has 3 nitrogen and oxygen atoms in total. The van der Waals surface area contributed by atoms with Crippen LogP contribution in [0.5, 0.6) is 0 Å². The fraction of sp³-hybridized carbons (Fsp3) is 0.522. The summed E-state index contributed by atoms with van der Waals surface area (Å²) >= 11 is 12.1. The van der Waals surface area contributed by atoms with Crippen molar-refractivity contribution in [3.8, 4) is 11.3 Å². The Morgan fingerprint density at radius 1 is 1.00 bits per heavy atom.